The number of allylic oxidation sites excluding steroid dienone is 12. The molecule has 0 aliphatic rings. The van der Waals surface area contributed by atoms with Gasteiger partial charge in [0.15, 0.2) is 0 Å². The molecule has 0 fully saturated rings. The second kappa shape index (κ2) is 42.6. The van der Waals surface area contributed by atoms with E-state index in [1.54, 1.807) is 0 Å². The summed E-state index contributed by atoms with van der Waals surface area (Å²) in [5.41, 5.74) is 0. The van der Waals surface area contributed by atoms with Gasteiger partial charge >= 0.3 is 13.8 Å². The maximum absolute atomic E-state index is 12.7. The van der Waals surface area contributed by atoms with Crippen LogP contribution in [-0.2, 0) is 27.9 Å². The first kappa shape index (κ1) is 56.9. The zero-order valence-corrected chi connectivity index (χ0v) is 39.6. The van der Waals surface area contributed by atoms with Gasteiger partial charge in [0.05, 0.1) is 34.4 Å². The van der Waals surface area contributed by atoms with E-state index in [0.29, 0.717) is 24.1 Å². The quantitative estimate of drug-likeness (QED) is 0.0215. The van der Waals surface area contributed by atoms with Crippen LogP contribution in [0.4, 0.5) is 0 Å². The van der Waals surface area contributed by atoms with Crippen LogP contribution in [0.3, 0.4) is 0 Å². The van der Waals surface area contributed by atoms with Crippen molar-refractivity contribution in [3.05, 3.63) is 72.9 Å². The number of hydrogen-bond acceptors (Lipinski definition) is 6. The lowest BCUT2D eigenvalue weighted by Crippen LogP contribution is -2.37. The van der Waals surface area contributed by atoms with Crippen molar-refractivity contribution in [1.82, 2.24) is 0 Å². The van der Waals surface area contributed by atoms with Crippen LogP contribution in [0.25, 0.3) is 0 Å². The molecular weight excluding hydrogens is 758 g/mol. The number of phosphoric acid groups is 1. The summed E-state index contributed by atoms with van der Waals surface area (Å²) in [4.78, 5) is 22.9. The number of hydrogen-bond donors (Lipinski definition) is 1. The van der Waals surface area contributed by atoms with Crippen molar-refractivity contribution in [1.29, 1.82) is 0 Å². The molecule has 0 bridgehead atoms. The molecular formula is C50H91NO7P+. The van der Waals surface area contributed by atoms with Crippen LogP contribution < -0.4 is 0 Å². The van der Waals surface area contributed by atoms with Gasteiger partial charge in [-0.05, 0) is 77.0 Å². The lowest BCUT2D eigenvalue weighted by molar-refractivity contribution is -0.870. The number of esters is 1. The molecule has 9 heteroatoms. The van der Waals surface area contributed by atoms with Crippen LogP contribution in [0, 0.1) is 0 Å². The molecule has 0 aliphatic carbocycles. The van der Waals surface area contributed by atoms with E-state index in [-0.39, 0.29) is 32.2 Å². The Bertz CT molecular complexity index is 1170. The molecule has 0 aromatic rings. The van der Waals surface area contributed by atoms with Crippen LogP contribution in [0.1, 0.15) is 181 Å². The molecule has 0 aliphatic heterocycles. The van der Waals surface area contributed by atoms with Gasteiger partial charge < -0.3 is 18.9 Å². The van der Waals surface area contributed by atoms with Crippen molar-refractivity contribution in [2.45, 2.75) is 187 Å². The summed E-state index contributed by atoms with van der Waals surface area (Å²) in [5.74, 6) is -0.371. The van der Waals surface area contributed by atoms with E-state index in [0.717, 1.165) is 51.4 Å². The van der Waals surface area contributed by atoms with Crippen molar-refractivity contribution in [2.24, 2.45) is 0 Å². The summed E-state index contributed by atoms with van der Waals surface area (Å²) in [7, 11) is 1.62. The van der Waals surface area contributed by atoms with Crippen LogP contribution in [0.15, 0.2) is 72.9 Å². The number of ether oxygens (including phenoxy) is 2. The first-order chi connectivity index (χ1) is 28.6. The minimum atomic E-state index is -4.30. The molecule has 0 heterocycles. The standard InChI is InChI=1S/C50H90NO7P/c1-6-8-10-12-14-16-18-20-22-24-25-26-28-30-32-34-36-38-40-42-45-55-47-49(48-57-59(53,54)56-46-44-51(3,4)5)58-50(52)43-41-39-37-35-33-31-29-27-23-21-19-17-15-13-11-9-7-2/h9,11,15,17,20-23,29,31,35,37,49H,6-8,10,12-14,16,18-19,24-28,30,32-34,36,38-48H2,1-5H3/p+1/b11-9-,17-15-,22-20-,23-21-,31-29-,37-35-. The van der Waals surface area contributed by atoms with Crippen molar-refractivity contribution in [2.75, 3.05) is 54.1 Å². The molecule has 59 heavy (non-hydrogen) atoms. The zero-order chi connectivity index (χ0) is 43.4. The van der Waals surface area contributed by atoms with Crippen molar-refractivity contribution in [3.63, 3.8) is 0 Å². The summed E-state index contributed by atoms with van der Waals surface area (Å²) in [6.45, 7) is 5.42. The molecule has 342 valence electrons. The first-order valence-electron chi connectivity index (χ1n) is 23.7. The van der Waals surface area contributed by atoms with Gasteiger partial charge in [0.2, 0.25) is 0 Å². The summed E-state index contributed by atoms with van der Waals surface area (Å²) in [6.07, 6.45) is 55.2. The number of nitrogens with zero attached hydrogens (tertiary/aromatic N) is 1. The van der Waals surface area contributed by atoms with Crippen LogP contribution >= 0.6 is 7.82 Å². The van der Waals surface area contributed by atoms with Crippen LogP contribution in [-0.4, -0.2) is 75.6 Å². The number of rotatable bonds is 43. The lowest BCUT2D eigenvalue weighted by atomic mass is 10.1. The molecule has 0 amide bonds. The molecule has 0 radical (unpaired) electrons. The summed E-state index contributed by atoms with van der Waals surface area (Å²) >= 11 is 0. The number of unbranched alkanes of at least 4 members (excludes halogenated alkanes) is 17. The van der Waals surface area contributed by atoms with Crippen LogP contribution in [0.5, 0.6) is 0 Å². The fraction of sp³-hybridized carbons (Fsp3) is 0.740. The third-order valence-corrected chi connectivity index (χ3v) is 10.7. The molecule has 0 aromatic carbocycles. The third-order valence-electron chi connectivity index (χ3n) is 9.75. The molecule has 2 unspecified atom stereocenters. The van der Waals surface area contributed by atoms with E-state index >= 15 is 0 Å². The second-order valence-electron chi connectivity index (χ2n) is 16.8. The Morgan fingerprint density at radius 1 is 0.542 bits per heavy atom. The molecule has 8 nitrogen and oxygen atoms in total. The van der Waals surface area contributed by atoms with Gasteiger partial charge in [0, 0.05) is 13.0 Å². The van der Waals surface area contributed by atoms with E-state index in [4.69, 9.17) is 18.5 Å². The van der Waals surface area contributed by atoms with E-state index in [2.05, 4.69) is 86.8 Å². The number of carbonyl (C=O) groups is 1. The van der Waals surface area contributed by atoms with E-state index in [1.807, 2.05) is 21.1 Å². The molecule has 0 aromatic heterocycles. The summed E-state index contributed by atoms with van der Waals surface area (Å²) in [6, 6.07) is 0. The second-order valence-corrected chi connectivity index (χ2v) is 18.2. The average molecular weight is 849 g/mol. The Kier molecular flexibility index (Phi) is 41.1. The average Bonchev–Trinajstić information content (AvgIpc) is 3.19. The fourth-order valence-corrected chi connectivity index (χ4v) is 6.85. The highest BCUT2D eigenvalue weighted by Gasteiger charge is 2.26. The molecule has 1 N–H and O–H groups in total. The minimum absolute atomic E-state index is 0.0747. The Labute approximate surface area is 363 Å². The highest BCUT2D eigenvalue weighted by Crippen LogP contribution is 2.43. The van der Waals surface area contributed by atoms with Gasteiger partial charge in [-0.2, -0.15) is 0 Å². The molecule has 2 atom stereocenters. The largest absolute Gasteiger partial charge is 0.472 e. The Hall–Kier alpha value is -2.06. The van der Waals surface area contributed by atoms with Gasteiger partial charge in [-0.15, -0.1) is 0 Å². The van der Waals surface area contributed by atoms with Crippen LogP contribution in [0.2, 0.25) is 0 Å². The highest BCUT2D eigenvalue weighted by molar-refractivity contribution is 7.47. The summed E-state index contributed by atoms with van der Waals surface area (Å²) in [5, 5.41) is 0. The number of carbonyl (C=O) groups excluding carboxylic acids is 1. The van der Waals surface area contributed by atoms with E-state index < -0.39 is 13.9 Å². The summed E-state index contributed by atoms with van der Waals surface area (Å²) < 4.78 is 35.0. The van der Waals surface area contributed by atoms with Crippen molar-refractivity contribution in [3.8, 4) is 0 Å². The van der Waals surface area contributed by atoms with Crippen molar-refractivity contribution < 1.29 is 37.3 Å². The van der Waals surface area contributed by atoms with E-state index in [9.17, 15) is 14.3 Å². The van der Waals surface area contributed by atoms with E-state index in [1.165, 1.54) is 103 Å². The molecule has 0 rings (SSSR count). The molecule has 0 spiro atoms. The van der Waals surface area contributed by atoms with Gasteiger partial charge in [-0.3, -0.25) is 13.8 Å². The normalized spacial score (nSPS) is 14.3. The monoisotopic (exact) mass is 849 g/mol. The number of likely N-dealkylation sites (N-methyl/N-ethyl adjacent to an activating group) is 1. The number of quaternary nitrogens is 1. The molecule has 0 saturated heterocycles. The zero-order valence-electron chi connectivity index (χ0n) is 38.7. The third kappa shape index (κ3) is 46.9. The van der Waals surface area contributed by atoms with Gasteiger partial charge in [0.1, 0.15) is 19.3 Å². The fourth-order valence-electron chi connectivity index (χ4n) is 6.11. The minimum Gasteiger partial charge on any atom is -0.457 e. The van der Waals surface area contributed by atoms with Gasteiger partial charge in [-0.1, -0.05) is 170 Å². The maximum atomic E-state index is 12.7. The van der Waals surface area contributed by atoms with Crippen molar-refractivity contribution >= 4 is 13.8 Å². The maximum Gasteiger partial charge on any atom is 0.472 e. The number of phosphoric ester groups is 1. The predicted octanol–water partition coefficient (Wildman–Crippen LogP) is 14.3. The molecule has 0 saturated carbocycles. The topological polar surface area (TPSA) is 91.3 Å². The smallest absolute Gasteiger partial charge is 0.457 e. The Balaban J connectivity index is 4.28. The van der Waals surface area contributed by atoms with Gasteiger partial charge in [0.25, 0.3) is 0 Å². The Morgan fingerprint density at radius 3 is 1.49 bits per heavy atom. The lowest BCUT2D eigenvalue weighted by Gasteiger charge is -2.24. The Morgan fingerprint density at radius 2 is 0.983 bits per heavy atom. The first-order valence-corrected chi connectivity index (χ1v) is 25.2. The SMILES string of the molecule is CC/C=C\C/C=C\C/C=C\C/C=C\C/C=C\CCCC(=O)OC(COCCCCCCCCCCCC/C=C\CCCCCCCC)COP(=O)(O)OCC[N+](C)(C)C. The van der Waals surface area contributed by atoms with Gasteiger partial charge in [-0.25, -0.2) is 4.57 Å². The predicted molar refractivity (Wildman–Crippen MR) is 252 cm³/mol. The highest BCUT2D eigenvalue weighted by atomic mass is 31.2.